The number of nitro groups is 1. The predicted octanol–water partition coefficient (Wildman–Crippen LogP) is 3.30. The zero-order chi connectivity index (χ0) is 23.1. The molecule has 2 aromatic rings. The van der Waals surface area contributed by atoms with Gasteiger partial charge in [-0.2, -0.15) is 4.31 Å². The van der Waals surface area contributed by atoms with Crippen LogP contribution in [0.5, 0.6) is 0 Å². The molecule has 1 aliphatic heterocycles. The largest absolute Gasteiger partial charge is 0.379 e. The van der Waals surface area contributed by atoms with Crippen molar-refractivity contribution in [1.82, 2.24) is 9.29 Å². The summed E-state index contributed by atoms with van der Waals surface area (Å²) in [6.07, 6.45) is 5.20. The minimum Gasteiger partial charge on any atom is -0.379 e. The third-order valence-electron chi connectivity index (χ3n) is 5.22. The van der Waals surface area contributed by atoms with Gasteiger partial charge in [-0.25, -0.2) is 13.4 Å². The average Bonchev–Trinajstić information content (AvgIpc) is 3.05. The van der Waals surface area contributed by atoms with Crippen molar-refractivity contribution in [2.45, 2.75) is 43.9 Å². The highest BCUT2D eigenvalue weighted by atomic mass is 32.2. The van der Waals surface area contributed by atoms with E-state index in [1.807, 2.05) is 13.0 Å². The molecule has 1 amide bonds. The van der Waals surface area contributed by atoms with E-state index in [4.69, 9.17) is 0 Å². The van der Waals surface area contributed by atoms with E-state index in [9.17, 15) is 23.3 Å². The van der Waals surface area contributed by atoms with Crippen LogP contribution in [0.3, 0.4) is 0 Å². The maximum atomic E-state index is 12.9. The van der Waals surface area contributed by atoms with E-state index >= 15 is 0 Å². The van der Waals surface area contributed by atoms with Gasteiger partial charge in [0.1, 0.15) is 11.5 Å². The summed E-state index contributed by atoms with van der Waals surface area (Å²) in [5.74, 6) is 0.131. The molecule has 0 atom stereocenters. The van der Waals surface area contributed by atoms with Crippen LogP contribution in [0.1, 0.15) is 37.7 Å². The minimum atomic E-state index is -3.80. The van der Waals surface area contributed by atoms with E-state index in [0.717, 1.165) is 37.3 Å². The second-order valence-corrected chi connectivity index (χ2v) is 9.64. The van der Waals surface area contributed by atoms with E-state index in [1.165, 1.54) is 16.4 Å². The lowest BCUT2D eigenvalue weighted by Gasteiger charge is -2.20. The van der Waals surface area contributed by atoms with Crippen molar-refractivity contribution in [2.75, 3.05) is 30.3 Å². The lowest BCUT2D eigenvalue weighted by atomic mass is 10.2. The fourth-order valence-electron chi connectivity index (χ4n) is 3.46. The van der Waals surface area contributed by atoms with Gasteiger partial charge in [0.25, 0.3) is 5.69 Å². The Labute approximate surface area is 187 Å². The number of nitrogens with zero attached hydrogens (tertiary/aromatic N) is 3. The van der Waals surface area contributed by atoms with Crippen molar-refractivity contribution in [2.24, 2.45) is 0 Å². The SMILES string of the molecule is Cc1ccc(NC(=O)CCNc2ccc(S(=O)(=O)N3CCCCCC3)cc2[N+](=O)[O-])nc1. The summed E-state index contributed by atoms with van der Waals surface area (Å²) in [7, 11) is -3.80. The Bertz CT molecular complexity index is 1060. The molecule has 0 aliphatic carbocycles. The molecule has 1 aromatic heterocycles. The number of pyridine rings is 1. The Hall–Kier alpha value is -3.05. The molecule has 1 saturated heterocycles. The smallest absolute Gasteiger partial charge is 0.293 e. The van der Waals surface area contributed by atoms with Crippen molar-refractivity contribution in [3.63, 3.8) is 0 Å². The van der Waals surface area contributed by atoms with Gasteiger partial charge in [-0.05, 0) is 43.5 Å². The maximum Gasteiger partial charge on any atom is 0.293 e. The summed E-state index contributed by atoms with van der Waals surface area (Å²) in [6, 6.07) is 7.34. The molecule has 2 N–H and O–H groups in total. The van der Waals surface area contributed by atoms with Crippen molar-refractivity contribution in [3.05, 3.63) is 52.2 Å². The number of amides is 1. The molecule has 2 heterocycles. The number of aromatic nitrogens is 1. The predicted molar refractivity (Wildman–Crippen MR) is 121 cm³/mol. The number of hydrogen-bond acceptors (Lipinski definition) is 7. The van der Waals surface area contributed by atoms with Crippen LogP contribution in [-0.2, 0) is 14.8 Å². The van der Waals surface area contributed by atoms with E-state index in [1.54, 1.807) is 12.3 Å². The molecule has 3 rings (SSSR count). The molecule has 0 unspecified atom stereocenters. The molecule has 11 heteroatoms. The first-order valence-electron chi connectivity index (χ1n) is 10.5. The van der Waals surface area contributed by atoms with Crippen molar-refractivity contribution in [3.8, 4) is 0 Å². The van der Waals surface area contributed by atoms with Gasteiger partial charge in [-0.3, -0.25) is 14.9 Å². The number of carbonyl (C=O) groups is 1. The van der Waals surface area contributed by atoms with Crippen LogP contribution in [0.25, 0.3) is 0 Å². The normalized spacial score (nSPS) is 15.0. The van der Waals surface area contributed by atoms with Crippen LogP contribution in [0.15, 0.2) is 41.4 Å². The molecule has 0 spiro atoms. The Morgan fingerprint density at radius 3 is 2.50 bits per heavy atom. The molecule has 1 fully saturated rings. The first-order valence-corrected chi connectivity index (χ1v) is 12.0. The molecule has 1 aliphatic rings. The third-order valence-corrected chi connectivity index (χ3v) is 7.11. The quantitative estimate of drug-likeness (QED) is 0.455. The second kappa shape index (κ2) is 10.5. The third kappa shape index (κ3) is 6.01. The highest BCUT2D eigenvalue weighted by molar-refractivity contribution is 7.89. The number of nitrogens with one attached hydrogen (secondary N) is 2. The summed E-state index contributed by atoms with van der Waals surface area (Å²) < 4.78 is 27.3. The summed E-state index contributed by atoms with van der Waals surface area (Å²) in [4.78, 5) is 27.0. The second-order valence-electron chi connectivity index (χ2n) is 7.70. The Morgan fingerprint density at radius 2 is 1.88 bits per heavy atom. The fourth-order valence-corrected chi connectivity index (χ4v) is 5.00. The summed E-state index contributed by atoms with van der Waals surface area (Å²) in [5, 5.41) is 17.1. The molecule has 32 heavy (non-hydrogen) atoms. The lowest BCUT2D eigenvalue weighted by Crippen LogP contribution is -2.32. The Morgan fingerprint density at radius 1 is 1.16 bits per heavy atom. The van der Waals surface area contributed by atoms with Gasteiger partial charge in [-0.15, -0.1) is 0 Å². The van der Waals surface area contributed by atoms with Gasteiger partial charge in [0.05, 0.1) is 9.82 Å². The lowest BCUT2D eigenvalue weighted by molar-refractivity contribution is -0.384. The van der Waals surface area contributed by atoms with Crippen LogP contribution in [0.2, 0.25) is 0 Å². The van der Waals surface area contributed by atoms with E-state index < -0.39 is 14.9 Å². The average molecular weight is 462 g/mol. The number of aryl methyl sites for hydroxylation is 1. The van der Waals surface area contributed by atoms with Gasteiger partial charge >= 0.3 is 0 Å². The molecular formula is C21H27N5O5S. The first-order chi connectivity index (χ1) is 15.3. The van der Waals surface area contributed by atoms with Gasteiger partial charge in [0, 0.05) is 38.3 Å². The molecule has 0 saturated carbocycles. The molecule has 10 nitrogen and oxygen atoms in total. The summed E-state index contributed by atoms with van der Waals surface area (Å²) in [5.41, 5.74) is 0.783. The molecular weight excluding hydrogens is 434 g/mol. The minimum absolute atomic E-state index is 0.0561. The zero-order valence-corrected chi connectivity index (χ0v) is 18.7. The first kappa shape index (κ1) is 23.6. The van der Waals surface area contributed by atoms with E-state index in [2.05, 4.69) is 15.6 Å². The van der Waals surface area contributed by atoms with Gasteiger partial charge < -0.3 is 10.6 Å². The monoisotopic (exact) mass is 461 g/mol. The zero-order valence-electron chi connectivity index (χ0n) is 17.9. The number of benzene rings is 1. The van der Waals surface area contributed by atoms with E-state index in [0.29, 0.717) is 18.9 Å². The van der Waals surface area contributed by atoms with Crippen LogP contribution >= 0.6 is 0 Å². The van der Waals surface area contributed by atoms with Gasteiger partial charge in [0.15, 0.2) is 0 Å². The van der Waals surface area contributed by atoms with Gasteiger partial charge in [-0.1, -0.05) is 18.9 Å². The van der Waals surface area contributed by atoms with Crippen molar-refractivity contribution in [1.29, 1.82) is 0 Å². The molecule has 0 radical (unpaired) electrons. The summed E-state index contributed by atoms with van der Waals surface area (Å²) in [6.45, 7) is 2.86. The molecule has 172 valence electrons. The van der Waals surface area contributed by atoms with Crippen molar-refractivity contribution >= 4 is 33.1 Å². The number of hydrogen-bond donors (Lipinski definition) is 2. The van der Waals surface area contributed by atoms with Crippen LogP contribution in [0, 0.1) is 17.0 Å². The van der Waals surface area contributed by atoms with Crippen LogP contribution < -0.4 is 10.6 Å². The van der Waals surface area contributed by atoms with Crippen LogP contribution in [0.4, 0.5) is 17.2 Å². The number of anilines is 2. The summed E-state index contributed by atoms with van der Waals surface area (Å²) >= 11 is 0. The van der Waals surface area contributed by atoms with Gasteiger partial charge in [0.2, 0.25) is 15.9 Å². The fraction of sp³-hybridized carbons (Fsp3) is 0.429. The number of carbonyl (C=O) groups excluding carboxylic acids is 1. The Kier molecular flexibility index (Phi) is 7.75. The molecule has 0 bridgehead atoms. The van der Waals surface area contributed by atoms with E-state index in [-0.39, 0.29) is 35.1 Å². The van der Waals surface area contributed by atoms with Crippen LogP contribution in [-0.4, -0.2) is 48.2 Å². The highest BCUT2D eigenvalue weighted by Crippen LogP contribution is 2.30. The number of nitro benzene ring substituents is 1. The Balaban J connectivity index is 1.66. The number of sulfonamides is 1. The number of rotatable bonds is 8. The maximum absolute atomic E-state index is 12.9. The molecule has 1 aromatic carbocycles. The standard InChI is InChI=1S/C21H27N5O5S/c1-16-6-9-20(23-15-16)24-21(27)10-11-22-18-8-7-17(14-19(18)26(28)29)32(30,31)25-12-4-2-3-5-13-25/h6-9,14-15,22H,2-5,10-13H2,1H3,(H,23,24,27). The highest BCUT2D eigenvalue weighted by Gasteiger charge is 2.28. The van der Waals surface area contributed by atoms with Crippen molar-refractivity contribution < 1.29 is 18.1 Å². The topological polar surface area (TPSA) is 135 Å².